The Labute approximate surface area is 176 Å². The van der Waals surface area contributed by atoms with E-state index in [1.807, 2.05) is 48.5 Å². The summed E-state index contributed by atoms with van der Waals surface area (Å²) in [4.78, 5) is 23.7. The smallest absolute Gasteiger partial charge is 0.240 e. The molecule has 8 heteroatoms. The first-order chi connectivity index (χ1) is 14.6. The molecule has 0 fully saturated rings. The van der Waals surface area contributed by atoms with E-state index in [0.717, 1.165) is 11.1 Å². The highest BCUT2D eigenvalue weighted by atomic mass is 16.5. The number of nitrogens with one attached hydrogen (secondary N) is 2. The van der Waals surface area contributed by atoms with Crippen LogP contribution in [0.15, 0.2) is 58.7 Å². The highest BCUT2D eigenvalue weighted by molar-refractivity contribution is 5.86. The molecule has 2 rings (SSSR count). The van der Waals surface area contributed by atoms with Gasteiger partial charge in [0.2, 0.25) is 11.8 Å². The van der Waals surface area contributed by atoms with Gasteiger partial charge in [-0.2, -0.15) is 10.2 Å². The van der Waals surface area contributed by atoms with Crippen molar-refractivity contribution in [2.24, 2.45) is 10.2 Å². The van der Waals surface area contributed by atoms with Gasteiger partial charge in [-0.3, -0.25) is 9.59 Å². The van der Waals surface area contributed by atoms with E-state index in [4.69, 9.17) is 9.47 Å². The van der Waals surface area contributed by atoms with Crippen LogP contribution in [0.1, 0.15) is 36.8 Å². The zero-order chi connectivity index (χ0) is 21.6. The molecule has 2 amide bonds. The first-order valence-corrected chi connectivity index (χ1v) is 9.54. The summed E-state index contributed by atoms with van der Waals surface area (Å²) in [5, 5.41) is 7.87. The minimum absolute atomic E-state index is 0.212. The van der Waals surface area contributed by atoms with Crippen LogP contribution in [0.4, 0.5) is 0 Å². The minimum atomic E-state index is -0.212. The summed E-state index contributed by atoms with van der Waals surface area (Å²) in [5.41, 5.74) is 6.48. The molecule has 2 N–H and O–H groups in total. The van der Waals surface area contributed by atoms with E-state index in [2.05, 4.69) is 21.1 Å². The van der Waals surface area contributed by atoms with Crippen molar-refractivity contribution in [1.29, 1.82) is 0 Å². The molecular formula is C22H26N4O4. The highest BCUT2D eigenvalue weighted by Gasteiger charge is 2.04. The van der Waals surface area contributed by atoms with Crippen LogP contribution in [-0.4, -0.2) is 38.5 Å². The van der Waals surface area contributed by atoms with E-state index in [-0.39, 0.29) is 24.7 Å². The van der Waals surface area contributed by atoms with Crippen molar-refractivity contribution in [2.75, 3.05) is 14.2 Å². The summed E-state index contributed by atoms with van der Waals surface area (Å²) in [6.45, 7) is 0. The Balaban J connectivity index is 1.63. The Bertz CT molecular complexity index is 823. The summed E-state index contributed by atoms with van der Waals surface area (Å²) in [6, 6.07) is 14.7. The molecule has 0 atom stereocenters. The normalized spacial score (nSPS) is 10.9. The van der Waals surface area contributed by atoms with E-state index in [0.29, 0.717) is 24.3 Å². The number of nitrogens with zero attached hydrogens (tertiary/aromatic N) is 2. The van der Waals surface area contributed by atoms with Gasteiger partial charge in [0, 0.05) is 24.0 Å². The predicted octanol–water partition coefficient (Wildman–Crippen LogP) is 2.86. The summed E-state index contributed by atoms with van der Waals surface area (Å²) in [5.74, 6) is 0.927. The summed E-state index contributed by atoms with van der Waals surface area (Å²) in [7, 11) is 3.15. The molecule has 0 aliphatic rings. The molecule has 0 spiro atoms. The second kappa shape index (κ2) is 12.7. The van der Waals surface area contributed by atoms with Crippen LogP contribution in [0, 0.1) is 0 Å². The van der Waals surface area contributed by atoms with Crippen molar-refractivity contribution in [3.05, 3.63) is 59.7 Å². The standard InChI is InChI=1S/C22H26N4O4/c1-29-19-11-5-3-9-17(19)15-23-25-21(27)13-7-8-14-22(28)26-24-16-18-10-4-6-12-20(18)30-2/h3-6,9-12,15-16H,7-8,13-14H2,1-2H3,(H,25,27)(H,26,28). The van der Waals surface area contributed by atoms with Crippen molar-refractivity contribution in [1.82, 2.24) is 10.9 Å². The van der Waals surface area contributed by atoms with Crippen molar-refractivity contribution in [3.8, 4) is 11.5 Å². The number of methoxy groups -OCH3 is 2. The Morgan fingerprint density at radius 1 is 0.767 bits per heavy atom. The molecule has 0 aromatic heterocycles. The molecule has 2 aromatic rings. The number of unbranched alkanes of at least 4 members (excludes halogenated alkanes) is 1. The van der Waals surface area contributed by atoms with E-state index in [9.17, 15) is 9.59 Å². The molecule has 0 saturated carbocycles. The van der Waals surface area contributed by atoms with E-state index < -0.39 is 0 Å². The molecule has 0 aliphatic heterocycles. The molecule has 0 aliphatic carbocycles. The SMILES string of the molecule is COc1ccccc1C=NNC(=O)CCCCC(=O)NN=Cc1ccccc1OC. The zero-order valence-electron chi connectivity index (χ0n) is 17.1. The van der Waals surface area contributed by atoms with Crippen LogP contribution < -0.4 is 20.3 Å². The molecule has 158 valence electrons. The van der Waals surface area contributed by atoms with Gasteiger partial charge in [-0.1, -0.05) is 24.3 Å². The fourth-order valence-electron chi connectivity index (χ4n) is 2.58. The molecule has 0 radical (unpaired) electrons. The number of carbonyl (C=O) groups is 2. The van der Waals surface area contributed by atoms with Gasteiger partial charge in [0.25, 0.3) is 0 Å². The van der Waals surface area contributed by atoms with Gasteiger partial charge in [-0.05, 0) is 37.1 Å². The van der Waals surface area contributed by atoms with Crippen LogP contribution in [0.25, 0.3) is 0 Å². The summed E-state index contributed by atoms with van der Waals surface area (Å²) in [6.07, 6.45) is 4.76. The number of hydrogen-bond acceptors (Lipinski definition) is 6. The number of hydrogen-bond donors (Lipinski definition) is 2. The molecule has 0 saturated heterocycles. The predicted molar refractivity (Wildman–Crippen MR) is 116 cm³/mol. The van der Waals surface area contributed by atoms with Crippen LogP contribution in [0.2, 0.25) is 0 Å². The minimum Gasteiger partial charge on any atom is -0.496 e. The monoisotopic (exact) mass is 410 g/mol. The number of carbonyl (C=O) groups excluding carboxylic acids is 2. The topological polar surface area (TPSA) is 101 Å². The van der Waals surface area contributed by atoms with Crippen molar-refractivity contribution in [3.63, 3.8) is 0 Å². The van der Waals surface area contributed by atoms with Gasteiger partial charge in [-0.25, -0.2) is 10.9 Å². The van der Waals surface area contributed by atoms with Crippen LogP contribution in [0.5, 0.6) is 11.5 Å². The fraction of sp³-hybridized carbons (Fsp3) is 0.273. The van der Waals surface area contributed by atoms with Crippen LogP contribution in [0.3, 0.4) is 0 Å². The second-order valence-corrected chi connectivity index (χ2v) is 6.28. The quantitative estimate of drug-likeness (QED) is 0.338. The molecule has 2 aromatic carbocycles. The first-order valence-electron chi connectivity index (χ1n) is 9.54. The van der Waals surface area contributed by atoms with Gasteiger partial charge in [0.1, 0.15) is 11.5 Å². The van der Waals surface area contributed by atoms with Crippen molar-refractivity contribution in [2.45, 2.75) is 25.7 Å². The molecule has 0 bridgehead atoms. The third kappa shape index (κ3) is 7.75. The summed E-state index contributed by atoms with van der Waals surface area (Å²) >= 11 is 0. The largest absolute Gasteiger partial charge is 0.496 e. The molecule has 0 unspecified atom stereocenters. The van der Waals surface area contributed by atoms with Crippen molar-refractivity contribution < 1.29 is 19.1 Å². The van der Waals surface area contributed by atoms with Gasteiger partial charge >= 0.3 is 0 Å². The number of benzene rings is 2. The van der Waals surface area contributed by atoms with Gasteiger partial charge in [0.15, 0.2) is 0 Å². The lowest BCUT2D eigenvalue weighted by Gasteiger charge is -2.04. The van der Waals surface area contributed by atoms with Crippen LogP contribution in [-0.2, 0) is 9.59 Å². The number of para-hydroxylation sites is 2. The van der Waals surface area contributed by atoms with Crippen molar-refractivity contribution >= 4 is 24.2 Å². The Hall–Kier alpha value is -3.68. The highest BCUT2D eigenvalue weighted by Crippen LogP contribution is 2.15. The molecule has 8 nitrogen and oxygen atoms in total. The molecular weight excluding hydrogens is 384 g/mol. The average Bonchev–Trinajstić information content (AvgIpc) is 2.77. The van der Waals surface area contributed by atoms with Gasteiger partial charge in [-0.15, -0.1) is 0 Å². The van der Waals surface area contributed by atoms with Gasteiger partial charge in [0.05, 0.1) is 26.6 Å². The Morgan fingerprint density at radius 2 is 1.17 bits per heavy atom. The van der Waals surface area contributed by atoms with E-state index in [1.165, 1.54) is 12.4 Å². The Morgan fingerprint density at radius 3 is 1.57 bits per heavy atom. The number of amides is 2. The maximum Gasteiger partial charge on any atom is 0.240 e. The number of ether oxygens (including phenoxy) is 2. The average molecular weight is 410 g/mol. The summed E-state index contributed by atoms with van der Waals surface area (Å²) < 4.78 is 10.4. The second-order valence-electron chi connectivity index (χ2n) is 6.28. The van der Waals surface area contributed by atoms with Gasteiger partial charge < -0.3 is 9.47 Å². The molecule has 30 heavy (non-hydrogen) atoms. The maximum atomic E-state index is 11.8. The number of hydrazone groups is 2. The lowest BCUT2D eigenvalue weighted by molar-refractivity contribution is -0.123. The van der Waals surface area contributed by atoms with Crippen LogP contribution >= 0.6 is 0 Å². The third-order valence-corrected chi connectivity index (χ3v) is 4.12. The lowest BCUT2D eigenvalue weighted by Crippen LogP contribution is -2.19. The molecule has 0 heterocycles. The fourth-order valence-corrected chi connectivity index (χ4v) is 2.58. The maximum absolute atomic E-state index is 11.8. The zero-order valence-corrected chi connectivity index (χ0v) is 17.1. The Kier molecular flexibility index (Phi) is 9.58. The third-order valence-electron chi connectivity index (χ3n) is 4.12. The van der Waals surface area contributed by atoms with E-state index in [1.54, 1.807) is 14.2 Å². The number of rotatable bonds is 11. The lowest BCUT2D eigenvalue weighted by atomic mass is 10.2. The first kappa shape index (κ1) is 22.6. The van der Waals surface area contributed by atoms with E-state index >= 15 is 0 Å².